The van der Waals surface area contributed by atoms with Crippen LogP contribution in [0, 0.1) is 37.1 Å². The monoisotopic (exact) mass is 807 g/mol. The lowest BCUT2D eigenvalue weighted by atomic mass is 10.1. The SMILES string of the molecule is Cc1c(N2CCCCC2=O)nc2cc(F)cc(F)c2c1Br.Cc1c(N2CCCCC2=O)nc2cc(F)cc(F)c2c1Nc1cncc(N2CCOCC2)c1. The summed E-state index contributed by atoms with van der Waals surface area (Å²) < 4.78 is 62.3. The molecule has 0 unspecified atom stereocenters. The molecule has 2 amide bonds. The molecule has 0 saturated carbocycles. The molecule has 2 aromatic carbocycles. The van der Waals surface area contributed by atoms with Gasteiger partial charge in [-0.05, 0) is 61.5 Å². The van der Waals surface area contributed by atoms with Gasteiger partial charge in [-0.1, -0.05) is 0 Å². The quantitative estimate of drug-likeness (QED) is 0.177. The predicted octanol–water partition coefficient (Wildman–Crippen LogP) is 8.41. The average molecular weight is 809 g/mol. The third kappa shape index (κ3) is 7.56. The van der Waals surface area contributed by atoms with Gasteiger partial charge in [-0.15, -0.1) is 0 Å². The van der Waals surface area contributed by atoms with Gasteiger partial charge in [0.2, 0.25) is 11.8 Å². The molecule has 0 atom stereocenters. The molecule has 3 saturated heterocycles. The van der Waals surface area contributed by atoms with E-state index in [1.54, 1.807) is 36.0 Å². The van der Waals surface area contributed by atoms with Gasteiger partial charge in [0.25, 0.3) is 0 Å². The van der Waals surface area contributed by atoms with Crippen LogP contribution in [-0.4, -0.2) is 66.2 Å². The largest absolute Gasteiger partial charge is 0.378 e. The van der Waals surface area contributed by atoms with Crippen LogP contribution in [0.5, 0.6) is 0 Å². The first kappa shape index (κ1) is 37.4. The van der Waals surface area contributed by atoms with Crippen molar-refractivity contribution >= 4 is 78.2 Å². The summed E-state index contributed by atoms with van der Waals surface area (Å²) in [7, 11) is 0. The first-order valence-corrected chi connectivity index (χ1v) is 18.7. The summed E-state index contributed by atoms with van der Waals surface area (Å²) in [5.41, 5.74) is 3.71. The normalized spacial score (nSPS) is 16.5. The summed E-state index contributed by atoms with van der Waals surface area (Å²) in [6.07, 6.45) is 7.81. The van der Waals surface area contributed by atoms with Gasteiger partial charge in [0.15, 0.2) is 0 Å². The maximum Gasteiger partial charge on any atom is 0.228 e. The van der Waals surface area contributed by atoms with Crippen molar-refractivity contribution < 1.29 is 31.9 Å². The smallest absolute Gasteiger partial charge is 0.228 e. The molecule has 282 valence electrons. The Labute approximate surface area is 317 Å². The van der Waals surface area contributed by atoms with Crippen LogP contribution in [0.4, 0.5) is 46.3 Å². The highest BCUT2D eigenvalue weighted by Crippen LogP contribution is 2.38. The van der Waals surface area contributed by atoms with E-state index >= 15 is 0 Å². The summed E-state index contributed by atoms with van der Waals surface area (Å²) in [5.74, 6) is -1.90. The molecule has 3 aliphatic rings. The van der Waals surface area contributed by atoms with Gasteiger partial charge in [-0.2, -0.15) is 0 Å². The van der Waals surface area contributed by atoms with Crippen LogP contribution in [0.2, 0.25) is 0 Å². The zero-order valence-corrected chi connectivity index (χ0v) is 31.4. The lowest BCUT2D eigenvalue weighted by molar-refractivity contribution is -0.120. The van der Waals surface area contributed by atoms with Crippen molar-refractivity contribution in [1.29, 1.82) is 0 Å². The van der Waals surface area contributed by atoms with Gasteiger partial charge in [0, 0.05) is 78.9 Å². The number of nitrogens with zero attached hydrogens (tertiary/aromatic N) is 6. The third-order valence-corrected chi connectivity index (χ3v) is 10.9. The van der Waals surface area contributed by atoms with Gasteiger partial charge in [-0.25, -0.2) is 27.5 Å². The van der Waals surface area contributed by atoms with E-state index in [9.17, 15) is 27.2 Å². The highest BCUT2D eigenvalue weighted by atomic mass is 79.9. The minimum Gasteiger partial charge on any atom is -0.378 e. The number of anilines is 5. The van der Waals surface area contributed by atoms with Crippen LogP contribution >= 0.6 is 15.9 Å². The standard InChI is InChI=1S/C24H25F2N5O2.C15H13BrF2N2O/c1-15-23(28-17-12-18(14-27-13-17)30-6-8-33-9-7-30)22-19(26)10-16(25)11-20(22)29-24(15)31-5-3-2-4-21(31)32;1-8-14(16)13-10(18)6-9(17)7-11(13)19-15(8)20-5-3-2-4-12(20)21/h10-14H,2-9H2,1H3,(H,28,29);6-7H,2-5H2,1H3. The second-order valence-corrected chi connectivity index (χ2v) is 14.3. The minimum absolute atomic E-state index is 0.0000231. The van der Waals surface area contributed by atoms with Gasteiger partial charge >= 0.3 is 0 Å². The predicted molar refractivity (Wildman–Crippen MR) is 203 cm³/mol. The third-order valence-electron chi connectivity index (χ3n) is 9.89. The first-order valence-electron chi connectivity index (χ1n) is 17.9. The number of nitrogens with one attached hydrogen (secondary N) is 1. The molecule has 3 fully saturated rings. The van der Waals surface area contributed by atoms with Crippen LogP contribution < -0.4 is 20.0 Å². The summed E-state index contributed by atoms with van der Waals surface area (Å²) in [6, 6.07) is 6.00. The number of benzene rings is 2. The molecule has 3 aromatic heterocycles. The van der Waals surface area contributed by atoms with Crippen LogP contribution in [0.3, 0.4) is 0 Å². The van der Waals surface area contributed by atoms with Crippen LogP contribution in [0.1, 0.15) is 49.7 Å². The molecule has 8 rings (SSSR count). The zero-order valence-electron chi connectivity index (χ0n) is 29.8. The Balaban J connectivity index is 0.000000184. The number of carbonyl (C=O) groups is 2. The van der Waals surface area contributed by atoms with Crippen LogP contribution in [0.15, 0.2) is 47.2 Å². The maximum absolute atomic E-state index is 15.0. The van der Waals surface area contributed by atoms with Gasteiger partial charge in [0.05, 0.1) is 64.5 Å². The number of morpholine rings is 1. The summed E-state index contributed by atoms with van der Waals surface area (Å²) in [5, 5.41) is 3.71. The van der Waals surface area contributed by atoms with Crippen LogP contribution in [-0.2, 0) is 14.3 Å². The molecule has 1 N–H and O–H groups in total. The highest BCUT2D eigenvalue weighted by molar-refractivity contribution is 9.10. The molecular weight excluding hydrogens is 770 g/mol. The number of rotatable bonds is 5. The molecule has 0 aliphatic carbocycles. The Bertz CT molecular complexity index is 2270. The molecule has 6 heterocycles. The Morgan fingerprint density at radius 2 is 1.26 bits per heavy atom. The van der Waals surface area contributed by atoms with E-state index in [1.165, 1.54) is 12.1 Å². The highest BCUT2D eigenvalue weighted by Gasteiger charge is 2.27. The summed E-state index contributed by atoms with van der Waals surface area (Å²) in [4.78, 5) is 43.2. The number of fused-ring (bicyclic) bond motifs is 2. The average Bonchev–Trinajstić information content (AvgIpc) is 3.15. The fraction of sp³-hybridized carbons (Fsp3) is 0.359. The molecule has 3 aliphatic heterocycles. The van der Waals surface area contributed by atoms with Crippen molar-refractivity contribution in [2.24, 2.45) is 0 Å². The van der Waals surface area contributed by atoms with Crippen molar-refractivity contribution in [3.05, 3.63) is 81.6 Å². The summed E-state index contributed by atoms with van der Waals surface area (Å²) >= 11 is 3.35. The number of hydrogen-bond acceptors (Lipinski definition) is 8. The number of halogens is 5. The molecule has 15 heteroatoms. The van der Waals surface area contributed by atoms with Crippen LogP contribution in [0.25, 0.3) is 21.8 Å². The summed E-state index contributed by atoms with van der Waals surface area (Å²) in [6.45, 7) is 7.51. The number of carbonyl (C=O) groups excluding carboxylic acids is 2. The van der Waals surface area contributed by atoms with E-state index in [0.717, 1.165) is 56.6 Å². The zero-order chi connectivity index (χ0) is 38.1. The lowest BCUT2D eigenvalue weighted by Crippen LogP contribution is -2.36. The fourth-order valence-corrected chi connectivity index (χ4v) is 7.69. The Morgan fingerprint density at radius 1 is 0.704 bits per heavy atom. The van der Waals surface area contributed by atoms with E-state index in [2.05, 4.69) is 41.1 Å². The Morgan fingerprint density at radius 3 is 1.85 bits per heavy atom. The lowest BCUT2D eigenvalue weighted by Gasteiger charge is -2.29. The molecule has 54 heavy (non-hydrogen) atoms. The number of aromatic nitrogens is 3. The fourth-order valence-electron chi connectivity index (χ4n) is 7.12. The van der Waals surface area contributed by atoms with Crippen molar-refractivity contribution in [3.63, 3.8) is 0 Å². The van der Waals surface area contributed by atoms with Crippen molar-refractivity contribution in [1.82, 2.24) is 15.0 Å². The number of pyridine rings is 3. The van der Waals surface area contributed by atoms with E-state index < -0.39 is 23.3 Å². The van der Waals surface area contributed by atoms with Gasteiger partial charge in [0.1, 0.15) is 34.9 Å². The second-order valence-electron chi connectivity index (χ2n) is 13.5. The Hall–Kier alpha value is -4.89. The number of ether oxygens (including phenoxy) is 1. The van der Waals surface area contributed by atoms with E-state index in [-0.39, 0.29) is 33.6 Å². The second kappa shape index (κ2) is 15.8. The maximum atomic E-state index is 15.0. The van der Waals surface area contributed by atoms with Gasteiger partial charge in [-0.3, -0.25) is 24.4 Å². The molecule has 0 radical (unpaired) electrons. The van der Waals surface area contributed by atoms with Crippen molar-refractivity contribution in [2.45, 2.75) is 52.4 Å². The number of amides is 2. The minimum atomic E-state index is -0.714. The molecule has 0 bridgehead atoms. The van der Waals surface area contributed by atoms with Crippen molar-refractivity contribution in [3.8, 4) is 0 Å². The molecule has 0 spiro atoms. The number of hydrogen-bond donors (Lipinski definition) is 1. The molecule has 5 aromatic rings. The number of piperidine rings is 2. The van der Waals surface area contributed by atoms with E-state index in [0.29, 0.717) is 77.8 Å². The Kier molecular flexibility index (Phi) is 11.0. The van der Waals surface area contributed by atoms with Crippen molar-refractivity contribution in [2.75, 3.05) is 59.4 Å². The van der Waals surface area contributed by atoms with Gasteiger partial charge < -0.3 is 15.0 Å². The molecular formula is C39H38BrF4N7O3. The van der Waals surface area contributed by atoms with E-state index in [4.69, 9.17) is 4.74 Å². The topological polar surface area (TPSA) is 104 Å². The first-order chi connectivity index (χ1) is 26.0. The molecule has 10 nitrogen and oxygen atoms in total. The van der Waals surface area contributed by atoms with E-state index in [1.807, 2.05) is 6.07 Å².